The van der Waals surface area contributed by atoms with Crippen LogP contribution in [0.1, 0.15) is 48.5 Å². The Labute approximate surface area is 231 Å². The van der Waals surface area contributed by atoms with Crippen molar-refractivity contribution in [1.29, 1.82) is 0 Å². The Balaban J connectivity index is 1.25. The zero-order valence-corrected chi connectivity index (χ0v) is 23.1. The van der Waals surface area contributed by atoms with Gasteiger partial charge in [0.25, 0.3) is 10.0 Å². The molecular formula is C28H28FN3O6S2. The Kier molecular flexibility index (Phi) is 5.77. The molecule has 2 aromatic carbocycles. The summed E-state index contributed by atoms with van der Waals surface area (Å²) in [6.45, 7) is 0.184. The molecule has 40 heavy (non-hydrogen) atoms. The van der Waals surface area contributed by atoms with Crippen molar-refractivity contribution in [2.24, 2.45) is 28.1 Å². The largest absolute Gasteiger partial charge is 0.341 e. The third-order valence-electron chi connectivity index (χ3n) is 9.38. The van der Waals surface area contributed by atoms with Crippen molar-refractivity contribution in [3.8, 4) is 0 Å². The maximum absolute atomic E-state index is 14.0. The number of hydrogen-bond acceptors (Lipinski definition) is 7. The van der Waals surface area contributed by atoms with Gasteiger partial charge in [-0.1, -0.05) is 18.2 Å². The van der Waals surface area contributed by atoms with Crippen molar-refractivity contribution in [3.63, 3.8) is 0 Å². The Morgan fingerprint density at radius 2 is 1.73 bits per heavy atom. The number of sulfonamides is 1. The minimum absolute atomic E-state index is 0.0619. The number of nitrogens with zero attached hydrogens (tertiary/aromatic N) is 2. The van der Waals surface area contributed by atoms with Gasteiger partial charge in [0.1, 0.15) is 16.5 Å². The molecule has 2 aliphatic carbocycles. The summed E-state index contributed by atoms with van der Waals surface area (Å²) in [7, 11) is -7.68. The zero-order valence-electron chi connectivity index (χ0n) is 21.5. The summed E-state index contributed by atoms with van der Waals surface area (Å²) in [6, 6.07) is 9.99. The van der Waals surface area contributed by atoms with E-state index in [0.29, 0.717) is 18.4 Å². The van der Waals surface area contributed by atoms with Crippen LogP contribution < -0.4 is 5.32 Å². The molecule has 2 aromatic rings. The SMILES string of the molecule is O=C1C(C2=NS(=O)(=O)c3cc(C4CCCS4(=O)=O)ccc3N2)C(=O)N(Cc2ccc(F)cc2)[C@H]2[C@@H]3CC[C@@H](C3)[C@@H]12. The van der Waals surface area contributed by atoms with E-state index in [0.717, 1.165) is 24.8 Å². The highest BCUT2D eigenvalue weighted by atomic mass is 32.2. The van der Waals surface area contributed by atoms with Crippen LogP contribution in [0.2, 0.25) is 0 Å². The number of ketones is 1. The van der Waals surface area contributed by atoms with E-state index in [1.807, 2.05) is 0 Å². The molecule has 9 nitrogen and oxygen atoms in total. The van der Waals surface area contributed by atoms with Gasteiger partial charge in [0.05, 0.1) is 16.7 Å². The average molecular weight is 586 g/mol. The molecule has 0 spiro atoms. The summed E-state index contributed by atoms with van der Waals surface area (Å²) < 4.78 is 69.1. The summed E-state index contributed by atoms with van der Waals surface area (Å²) in [5, 5.41) is 2.17. The maximum Gasteiger partial charge on any atom is 0.286 e. The van der Waals surface area contributed by atoms with Crippen molar-refractivity contribution in [2.75, 3.05) is 11.1 Å². The lowest BCUT2D eigenvalue weighted by atomic mass is 9.73. The van der Waals surface area contributed by atoms with E-state index in [4.69, 9.17) is 0 Å². The van der Waals surface area contributed by atoms with Gasteiger partial charge in [0.15, 0.2) is 21.5 Å². The van der Waals surface area contributed by atoms with Gasteiger partial charge < -0.3 is 10.2 Å². The molecule has 7 rings (SSSR count). The van der Waals surface area contributed by atoms with Crippen LogP contribution in [-0.4, -0.2) is 51.1 Å². The van der Waals surface area contributed by atoms with Crippen LogP contribution in [0, 0.1) is 29.5 Å². The molecule has 4 fully saturated rings. The average Bonchev–Trinajstić information content (AvgIpc) is 3.62. The number of Topliss-reactive ketones (excluding diaryl/α,β-unsaturated/α-hetero) is 1. The molecule has 3 heterocycles. The van der Waals surface area contributed by atoms with E-state index in [2.05, 4.69) is 9.71 Å². The van der Waals surface area contributed by atoms with Gasteiger partial charge in [-0.2, -0.15) is 8.42 Å². The van der Waals surface area contributed by atoms with Crippen molar-refractivity contribution in [3.05, 3.63) is 59.4 Å². The van der Waals surface area contributed by atoms with Gasteiger partial charge in [0, 0.05) is 18.5 Å². The quantitative estimate of drug-likeness (QED) is 0.546. The van der Waals surface area contributed by atoms with Gasteiger partial charge in [-0.3, -0.25) is 9.59 Å². The van der Waals surface area contributed by atoms with Gasteiger partial charge in [-0.05, 0) is 79.3 Å². The second-order valence-electron chi connectivity index (χ2n) is 11.6. The van der Waals surface area contributed by atoms with Gasteiger partial charge in [0.2, 0.25) is 5.91 Å². The summed E-state index contributed by atoms with van der Waals surface area (Å²) in [5.41, 5.74) is 1.26. The maximum atomic E-state index is 14.0. The summed E-state index contributed by atoms with van der Waals surface area (Å²) >= 11 is 0. The lowest BCUT2D eigenvalue weighted by Crippen LogP contribution is -2.61. The van der Waals surface area contributed by atoms with Gasteiger partial charge in [-0.25, -0.2) is 12.8 Å². The Hall–Kier alpha value is -3.12. The Morgan fingerprint density at radius 3 is 2.45 bits per heavy atom. The molecule has 6 atom stereocenters. The number of piperidine rings is 1. The predicted octanol–water partition coefficient (Wildman–Crippen LogP) is 3.23. The summed E-state index contributed by atoms with van der Waals surface area (Å²) in [6.07, 6.45) is 3.59. The number of anilines is 1. The Bertz CT molecular complexity index is 1690. The van der Waals surface area contributed by atoms with Crippen LogP contribution in [0.4, 0.5) is 10.1 Å². The molecule has 1 amide bonds. The van der Waals surface area contributed by atoms with Crippen molar-refractivity contribution >= 4 is 43.1 Å². The normalized spacial score (nSPS) is 33.3. The van der Waals surface area contributed by atoms with Crippen molar-refractivity contribution < 1.29 is 30.8 Å². The molecule has 2 saturated heterocycles. The van der Waals surface area contributed by atoms with Crippen LogP contribution in [0.25, 0.3) is 0 Å². The molecule has 2 unspecified atom stereocenters. The minimum atomic E-state index is -4.32. The molecule has 12 heteroatoms. The fourth-order valence-electron chi connectivity index (χ4n) is 7.64. The summed E-state index contributed by atoms with van der Waals surface area (Å²) in [5.74, 6) is -2.88. The number of halogens is 1. The van der Waals surface area contributed by atoms with Crippen molar-refractivity contribution in [2.45, 2.75) is 54.8 Å². The number of nitrogens with one attached hydrogen (secondary N) is 1. The van der Waals surface area contributed by atoms with Crippen LogP contribution in [0.5, 0.6) is 0 Å². The van der Waals surface area contributed by atoms with E-state index >= 15 is 0 Å². The molecule has 5 aliphatic rings. The third kappa shape index (κ3) is 3.93. The zero-order chi connectivity index (χ0) is 28.0. The van der Waals surface area contributed by atoms with Crippen LogP contribution in [0.3, 0.4) is 0 Å². The molecule has 210 valence electrons. The van der Waals surface area contributed by atoms with Crippen LogP contribution >= 0.6 is 0 Å². The van der Waals surface area contributed by atoms with E-state index in [1.165, 1.54) is 24.3 Å². The first-order valence-corrected chi connectivity index (χ1v) is 16.7. The number of carbonyl (C=O) groups is 2. The van der Waals surface area contributed by atoms with E-state index in [1.54, 1.807) is 23.1 Å². The number of amidine groups is 1. The van der Waals surface area contributed by atoms with Gasteiger partial charge in [-0.15, -0.1) is 4.40 Å². The smallest absolute Gasteiger partial charge is 0.286 e. The van der Waals surface area contributed by atoms with Crippen LogP contribution in [-0.2, 0) is 36.0 Å². The van der Waals surface area contributed by atoms with E-state index in [9.17, 15) is 30.8 Å². The molecule has 1 N–H and O–H groups in total. The lowest BCUT2D eigenvalue weighted by molar-refractivity contribution is -0.153. The number of sulfone groups is 1. The first kappa shape index (κ1) is 25.8. The highest BCUT2D eigenvalue weighted by Crippen LogP contribution is 2.54. The lowest BCUT2D eigenvalue weighted by Gasteiger charge is -2.45. The first-order valence-electron chi connectivity index (χ1n) is 13.6. The highest BCUT2D eigenvalue weighted by molar-refractivity contribution is 7.92. The topological polar surface area (TPSA) is 130 Å². The van der Waals surface area contributed by atoms with Crippen molar-refractivity contribution in [1.82, 2.24) is 4.90 Å². The summed E-state index contributed by atoms with van der Waals surface area (Å²) in [4.78, 5) is 29.4. The monoisotopic (exact) mass is 585 g/mol. The fraction of sp³-hybridized carbons (Fsp3) is 0.464. The second-order valence-corrected chi connectivity index (χ2v) is 15.5. The third-order valence-corrected chi connectivity index (χ3v) is 12.9. The number of rotatable bonds is 4. The minimum Gasteiger partial charge on any atom is -0.341 e. The predicted molar refractivity (Wildman–Crippen MR) is 144 cm³/mol. The Morgan fingerprint density at radius 1 is 0.975 bits per heavy atom. The number of benzene rings is 2. The highest BCUT2D eigenvalue weighted by Gasteiger charge is 2.60. The fourth-order valence-corrected chi connectivity index (χ4v) is 10.8. The molecular weight excluding hydrogens is 557 g/mol. The number of likely N-dealkylation sites (tertiary alicyclic amines) is 1. The molecule has 2 bridgehead atoms. The second kappa shape index (κ2) is 8.94. The van der Waals surface area contributed by atoms with Gasteiger partial charge >= 0.3 is 0 Å². The number of carbonyl (C=O) groups excluding carboxylic acids is 2. The molecule has 0 radical (unpaired) electrons. The van der Waals surface area contributed by atoms with E-state index in [-0.39, 0.29) is 52.4 Å². The number of fused-ring (bicyclic) bond motifs is 6. The number of amides is 1. The molecule has 3 aliphatic heterocycles. The number of hydrogen-bond donors (Lipinski definition) is 1. The van der Waals surface area contributed by atoms with E-state index < -0.39 is 48.7 Å². The molecule has 2 saturated carbocycles. The van der Waals surface area contributed by atoms with Crippen LogP contribution in [0.15, 0.2) is 51.8 Å². The standard InChI is InChI=1S/C28H28FN3O6S2/c29-19-8-3-15(4-9-19)14-32-25-18-6-5-17(12-18)23(25)26(33)24(28(32)34)27-30-20-10-7-16(13-22(20)40(37,38)31-27)21-2-1-11-39(21,35)36/h3-4,7-10,13,17-18,21,23-25H,1-2,5-6,11-12,14H2,(H,30,31)/t17-,18+,21?,23+,24?,25-/m0/s1. The molecule has 0 aromatic heterocycles. The first-order chi connectivity index (χ1) is 19.0.